The molecule has 0 aliphatic heterocycles. The summed E-state index contributed by atoms with van der Waals surface area (Å²) >= 11 is 0. The fourth-order valence-corrected chi connectivity index (χ4v) is 7.31. The summed E-state index contributed by atoms with van der Waals surface area (Å²) in [5.41, 5.74) is 10.3. The summed E-state index contributed by atoms with van der Waals surface area (Å²) in [5.74, 6) is 1.07. The van der Waals surface area contributed by atoms with Gasteiger partial charge in [-0.15, -0.1) is 0 Å². The number of aryl methyl sites for hydroxylation is 1. The Bertz CT molecular complexity index is 2560. The van der Waals surface area contributed by atoms with E-state index in [4.69, 9.17) is 9.97 Å². The maximum atomic E-state index is 4.91. The smallest absolute Gasteiger partial charge is 0.114 e. The molecule has 0 aliphatic rings. The van der Waals surface area contributed by atoms with Crippen LogP contribution in [0.15, 0.2) is 158 Å². The zero-order valence-electron chi connectivity index (χ0n) is 26.1. The molecule has 0 unspecified atom stereocenters. The Morgan fingerprint density at radius 2 is 1.15 bits per heavy atom. The Kier molecular flexibility index (Phi) is 6.43. The number of aromatic nitrogens is 3. The highest BCUT2D eigenvalue weighted by Gasteiger charge is 2.19. The number of fused-ring (bicyclic) bond motifs is 4. The van der Waals surface area contributed by atoms with E-state index < -0.39 is 0 Å². The molecule has 0 amide bonds. The highest BCUT2D eigenvalue weighted by Crippen LogP contribution is 2.46. The van der Waals surface area contributed by atoms with E-state index in [1.165, 1.54) is 54.6 Å². The van der Waals surface area contributed by atoms with Gasteiger partial charge in [0.05, 0.1) is 16.7 Å². The first-order valence-electron chi connectivity index (χ1n) is 16.2. The first-order valence-corrected chi connectivity index (χ1v) is 16.2. The molecule has 0 saturated carbocycles. The van der Waals surface area contributed by atoms with Gasteiger partial charge in [-0.05, 0) is 97.0 Å². The lowest BCUT2D eigenvalue weighted by molar-refractivity contribution is 0.909. The minimum absolute atomic E-state index is 0.869. The lowest BCUT2D eigenvalue weighted by Crippen LogP contribution is -2.00. The molecule has 3 heteroatoms. The van der Waals surface area contributed by atoms with E-state index in [1.807, 2.05) is 12.3 Å². The van der Waals surface area contributed by atoms with Crippen molar-refractivity contribution in [3.05, 3.63) is 164 Å². The highest BCUT2D eigenvalue weighted by atomic mass is 15.1. The van der Waals surface area contributed by atoms with Crippen molar-refractivity contribution in [3.8, 4) is 39.2 Å². The monoisotopic (exact) mass is 601 g/mol. The Morgan fingerprint density at radius 3 is 1.87 bits per heavy atom. The van der Waals surface area contributed by atoms with Crippen molar-refractivity contribution in [3.63, 3.8) is 0 Å². The van der Waals surface area contributed by atoms with Crippen molar-refractivity contribution >= 4 is 43.4 Å². The topological polar surface area (TPSA) is 30.7 Å². The molecule has 2 aromatic heterocycles. The van der Waals surface area contributed by atoms with Gasteiger partial charge in [-0.1, -0.05) is 116 Å². The van der Waals surface area contributed by atoms with E-state index >= 15 is 0 Å². The standard InChI is InChI=1S/C44H31N3/c1-2-42-46-40-20-9-10-21-41(40)47(42)32-25-24-29-27-31(23-22-30(29)28-32)43-35-15-5-7-17-37(35)44(38-18-8-6-16-36(38)43)34-14-4-3-13-33(34)39-19-11-12-26-45-39/h3-28H,2H2,1H3. The Balaban J connectivity index is 1.26. The molecule has 9 aromatic rings. The van der Waals surface area contributed by atoms with Gasteiger partial charge in [0.15, 0.2) is 0 Å². The predicted octanol–water partition coefficient (Wildman–Crippen LogP) is 11.4. The van der Waals surface area contributed by atoms with Crippen molar-refractivity contribution in [2.45, 2.75) is 13.3 Å². The summed E-state index contributed by atoms with van der Waals surface area (Å²) in [7, 11) is 0. The fraction of sp³-hybridized carbons (Fsp3) is 0.0455. The van der Waals surface area contributed by atoms with Crippen LogP contribution in [0.2, 0.25) is 0 Å². The first-order chi connectivity index (χ1) is 23.3. The van der Waals surface area contributed by atoms with Crippen LogP contribution in [-0.2, 0) is 6.42 Å². The van der Waals surface area contributed by atoms with Crippen molar-refractivity contribution in [2.24, 2.45) is 0 Å². The van der Waals surface area contributed by atoms with Crippen molar-refractivity contribution in [1.82, 2.24) is 14.5 Å². The van der Waals surface area contributed by atoms with Crippen LogP contribution < -0.4 is 0 Å². The summed E-state index contributed by atoms with van der Waals surface area (Å²) in [6.45, 7) is 2.17. The van der Waals surface area contributed by atoms with Gasteiger partial charge in [0, 0.05) is 23.9 Å². The summed E-state index contributed by atoms with van der Waals surface area (Å²) < 4.78 is 2.30. The molecule has 0 radical (unpaired) electrons. The number of benzene rings is 7. The zero-order chi connectivity index (χ0) is 31.3. The van der Waals surface area contributed by atoms with E-state index in [2.05, 4.69) is 157 Å². The van der Waals surface area contributed by atoms with Crippen molar-refractivity contribution in [2.75, 3.05) is 0 Å². The van der Waals surface area contributed by atoms with Crippen LogP contribution in [0, 0.1) is 0 Å². The minimum Gasteiger partial charge on any atom is -0.296 e. The van der Waals surface area contributed by atoms with Gasteiger partial charge in [-0.3, -0.25) is 9.55 Å². The molecule has 0 aliphatic carbocycles. The van der Waals surface area contributed by atoms with E-state index in [9.17, 15) is 0 Å². The summed E-state index contributed by atoms with van der Waals surface area (Å²) in [4.78, 5) is 9.64. The largest absolute Gasteiger partial charge is 0.296 e. The number of hydrogen-bond donors (Lipinski definition) is 0. The summed E-state index contributed by atoms with van der Waals surface area (Å²) in [5, 5.41) is 7.38. The molecule has 0 spiro atoms. The quantitative estimate of drug-likeness (QED) is 0.184. The van der Waals surface area contributed by atoms with Crippen LogP contribution in [0.1, 0.15) is 12.7 Å². The fourth-order valence-electron chi connectivity index (χ4n) is 7.31. The molecule has 0 atom stereocenters. The molecule has 3 nitrogen and oxygen atoms in total. The molecule has 2 heterocycles. The molecular formula is C44H31N3. The third-order valence-electron chi connectivity index (χ3n) is 9.39. The molecule has 0 saturated heterocycles. The lowest BCUT2D eigenvalue weighted by atomic mass is 9.84. The van der Waals surface area contributed by atoms with E-state index in [1.54, 1.807) is 0 Å². The molecular weight excluding hydrogens is 571 g/mol. The molecule has 9 rings (SSSR count). The van der Waals surface area contributed by atoms with Gasteiger partial charge in [0.25, 0.3) is 0 Å². The number of hydrogen-bond acceptors (Lipinski definition) is 2. The molecule has 0 bridgehead atoms. The second-order valence-electron chi connectivity index (χ2n) is 12.1. The van der Waals surface area contributed by atoms with Crippen LogP contribution in [0.3, 0.4) is 0 Å². The Morgan fingerprint density at radius 1 is 0.532 bits per heavy atom. The third-order valence-corrected chi connectivity index (χ3v) is 9.39. The number of rotatable bonds is 5. The second kappa shape index (κ2) is 11.1. The predicted molar refractivity (Wildman–Crippen MR) is 197 cm³/mol. The van der Waals surface area contributed by atoms with E-state index in [-0.39, 0.29) is 0 Å². The van der Waals surface area contributed by atoms with E-state index in [0.29, 0.717) is 0 Å². The Labute approximate surface area is 273 Å². The van der Waals surface area contributed by atoms with Gasteiger partial charge >= 0.3 is 0 Å². The number of nitrogens with zero attached hydrogens (tertiary/aromatic N) is 3. The number of para-hydroxylation sites is 2. The van der Waals surface area contributed by atoms with Gasteiger partial charge in [-0.25, -0.2) is 4.98 Å². The second-order valence-corrected chi connectivity index (χ2v) is 12.1. The average molecular weight is 602 g/mol. The van der Waals surface area contributed by atoms with Crippen molar-refractivity contribution in [1.29, 1.82) is 0 Å². The third kappa shape index (κ3) is 4.43. The summed E-state index contributed by atoms with van der Waals surface area (Å²) in [6, 6.07) is 54.5. The van der Waals surface area contributed by atoms with E-state index in [0.717, 1.165) is 40.2 Å². The molecule has 0 fully saturated rings. The lowest BCUT2D eigenvalue weighted by Gasteiger charge is -2.19. The molecule has 222 valence electrons. The van der Waals surface area contributed by atoms with Gasteiger partial charge < -0.3 is 0 Å². The van der Waals surface area contributed by atoms with Gasteiger partial charge in [0.2, 0.25) is 0 Å². The highest BCUT2D eigenvalue weighted by molar-refractivity contribution is 6.22. The van der Waals surface area contributed by atoms with Crippen LogP contribution >= 0.6 is 0 Å². The minimum atomic E-state index is 0.869. The SMILES string of the molecule is CCc1nc2ccccc2n1-c1ccc2cc(-c3c4ccccc4c(-c4ccccc4-c4ccccn4)c4ccccc34)ccc2c1. The zero-order valence-corrected chi connectivity index (χ0v) is 26.1. The van der Waals surface area contributed by atoms with Gasteiger partial charge in [-0.2, -0.15) is 0 Å². The molecule has 0 N–H and O–H groups in total. The molecule has 47 heavy (non-hydrogen) atoms. The maximum Gasteiger partial charge on any atom is 0.114 e. The van der Waals surface area contributed by atoms with Gasteiger partial charge in [0.1, 0.15) is 5.82 Å². The molecule has 7 aromatic carbocycles. The van der Waals surface area contributed by atoms with Crippen LogP contribution in [-0.4, -0.2) is 14.5 Å². The number of imidazole rings is 1. The maximum absolute atomic E-state index is 4.91. The normalized spacial score (nSPS) is 11.6. The van der Waals surface area contributed by atoms with Crippen LogP contribution in [0.4, 0.5) is 0 Å². The first kappa shape index (κ1) is 27.3. The number of pyridine rings is 1. The van der Waals surface area contributed by atoms with Crippen LogP contribution in [0.5, 0.6) is 0 Å². The van der Waals surface area contributed by atoms with Crippen LogP contribution in [0.25, 0.3) is 82.5 Å². The van der Waals surface area contributed by atoms with Crippen molar-refractivity contribution < 1.29 is 0 Å². The summed E-state index contributed by atoms with van der Waals surface area (Å²) in [6.07, 6.45) is 2.74. The average Bonchev–Trinajstić information content (AvgIpc) is 3.53. The Hall–Kier alpha value is -6.06.